The highest BCUT2D eigenvalue weighted by molar-refractivity contribution is 5.80. The lowest BCUT2D eigenvalue weighted by Crippen LogP contribution is -2.22. The van der Waals surface area contributed by atoms with E-state index in [9.17, 15) is 4.79 Å². The van der Waals surface area contributed by atoms with Crippen LogP contribution in [0.5, 0.6) is 0 Å². The Labute approximate surface area is 106 Å². The SMILES string of the molecule is CC1CCC(C)C1COCC(=O)CC(C)(C)C. The first-order valence-electron chi connectivity index (χ1n) is 6.89. The maximum absolute atomic E-state index is 11.7. The van der Waals surface area contributed by atoms with Crippen molar-refractivity contribution in [2.24, 2.45) is 23.2 Å². The normalized spacial score (nSPS) is 29.6. The molecule has 1 aliphatic carbocycles. The molecule has 0 aromatic heterocycles. The van der Waals surface area contributed by atoms with Gasteiger partial charge < -0.3 is 4.74 Å². The molecule has 0 radical (unpaired) electrons. The lowest BCUT2D eigenvalue weighted by atomic mass is 9.90. The van der Waals surface area contributed by atoms with Crippen LogP contribution in [0.1, 0.15) is 53.9 Å². The summed E-state index contributed by atoms with van der Waals surface area (Å²) in [5.41, 5.74) is 0.0778. The fourth-order valence-electron chi connectivity index (χ4n) is 2.79. The number of Topliss-reactive ketones (excluding diaryl/α,β-unsaturated/α-hetero) is 1. The van der Waals surface area contributed by atoms with E-state index < -0.39 is 0 Å². The molecule has 0 spiro atoms. The highest BCUT2D eigenvalue weighted by Crippen LogP contribution is 2.36. The Kier molecular flexibility index (Phi) is 5.18. The minimum Gasteiger partial charge on any atom is -0.373 e. The van der Waals surface area contributed by atoms with Gasteiger partial charge in [0.05, 0.1) is 6.61 Å². The number of rotatable bonds is 5. The van der Waals surface area contributed by atoms with Crippen molar-refractivity contribution in [2.45, 2.75) is 53.9 Å². The van der Waals surface area contributed by atoms with E-state index in [-0.39, 0.29) is 11.2 Å². The predicted molar refractivity (Wildman–Crippen MR) is 71.0 cm³/mol. The van der Waals surface area contributed by atoms with E-state index >= 15 is 0 Å². The third kappa shape index (κ3) is 5.20. The van der Waals surface area contributed by atoms with Crippen LogP contribution in [0.15, 0.2) is 0 Å². The Bertz CT molecular complexity index is 242. The summed E-state index contributed by atoms with van der Waals surface area (Å²) in [6.45, 7) is 11.9. The van der Waals surface area contributed by atoms with Crippen LogP contribution in [-0.4, -0.2) is 19.0 Å². The lowest BCUT2D eigenvalue weighted by Gasteiger charge is -2.20. The van der Waals surface area contributed by atoms with E-state index in [1.165, 1.54) is 12.8 Å². The second kappa shape index (κ2) is 5.99. The van der Waals surface area contributed by atoms with Gasteiger partial charge in [0.15, 0.2) is 5.78 Å². The molecule has 2 nitrogen and oxygen atoms in total. The van der Waals surface area contributed by atoms with Gasteiger partial charge in [-0.3, -0.25) is 4.79 Å². The summed E-state index contributed by atoms with van der Waals surface area (Å²) in [4.78, 5) is 11.7. The Hall–Kier alpha value is -0.370. The average molecular weight is 240 g/mol. The van der Waals surface area contributed by atoms with Crippen molar-refractivity contribution in [3.8, 4) is 0 Å². The van der Waals surface area contributed by atoms with Crippen LogP contribution < -0.4 is 0 Å². The number of ether oxygens (including phenoxy) is 1. The van der Waals surface area contributed by atoms with Crippen LogP contribution in [0.3, 0.4) is 0 Å². The Morgan fingerprint density at radius 3 is 2.18 bits per heavy atom. The van der Waals surface area contributed by atoms with Gasteiger partial charge in [0.1, 0.15) is 6.61 Å². The molecule has 17 heavy (non-hydrogen) atoms. The van der Waals surface area contributed by atoms with Crippen LogP contribution in [0.4, 0.5) is 0 Å². The van der Waals surface area contributed by atoms with Crippen molar-refractivity contribution in [1.82, 2.24) is 0 Å². The van der Waals surface area contributed by atoms with Crippen molar-refractivity contribution >= 4 is 5.78 Å². The maximum Gasteiger partial charge on any atom is 0.158 e. The molecular weight excluding hydrogens is 212 g/mol. The molecular formula is C15H28O2. The maximum atomic E-state index is 11.7. The Morgan fingerprint density at radius 2 is 1.71 bits per heavy atom. The Balaban J connectivity index is 2.21. The van der Waals surface area contributed by atoms with Gasteiger partial charge in [0.25, 0.3) is 0 Å². The summed E-state index contributed by atoms with van der Waals surface area (Å²) in [6, 6.07) is 0. The standard InChI is InChI=1S/C15H28O2/c1-11-6-7-12(2)14(11)10-17-9-13(16)8-15(3,4)5/h11-12,14H,6-10H2,1-5H3. The second-order valence-electron chi connectivity index (χ2n) is 6.99. The minimum absolute atomic E-state index is 0.0778. The van der Waals surface area contributed by atoms with E-state index in [1.807, 2.05) is 0 Å². The molecule has 1 fully saturated rings. The molecule has 0 aliphatic heterocycles. The van der Waals surface area contributed by atoms with E-state index in [0.717, 1.165) is 18.4 Å². The third-order valence-electron chi connectivity index (χ3n) is 3.84. The van der Waals surface area contributed by atoms with E-state index in [0.29, 0.717) is 18.9 Å². The van der Waals surface area contributed by atoms with E-state index in [4.69, 9.17) is 4.74 Å². The number of hydrogen-bond donors (Lipinski definition) is 0. The molecule has 100 valence electrons. The monoisotopic (exact) mass is 240 g/mol. The minimum atomic E-state index is 0.0778. The second-order valence-corrected chi connectivity index (χ2v) is 6.99. The highest BCUT2D eigenvalue weighted by Gasteiger charge is 2.30. The van der Waals surface area contributed by atoms with Gasteiger partial charge in [-0.05, 0) is 23.2 Å². The summed E-state index contributed by atoms with van der Waals surface area (Å²) < 4.78 is 5.62. The van der Waals surface area contributed by atoms with Crippen molar-refractivity contribution in [2.75, 3.05) is 13.2 Å². The summed E-state index contributed by atoms with van der Waals surface area (Å²) in [5.74, 6) is 2.39. The molecule has 1 rings (SSSR count). The van der Waals surface area contributed by atoms with E-state index in [2.05, 4.69) is 34.6 Å². The molecule has 1 saturated carbocycles. The molecule has 2 unspecified atom stereocenters. The highest BCUT2D eigenvalue weighted by atomic mass is 16.5. The molecule has 0 aromatic rings. The van der Waals surface area contributed by atoms with Gasteiger partial charge in [-0.25, -0.2) is 0 Å². The first-order valence-corrected chi connectivity index (χ1v) is 6.89. The molecule has 0 aromatic carbocycles. The zero-order chi connectivity index (χ0) is 13.1. The third-order valence-corrected chi connectivity index (χ3v) is 3.84. The van der Waals surface area contributed by atoms with Crippen LogP contribution in [-0.2, 0) is 9.53 Å². The van der Waals surface area contributed by atoms with Crippen molar-refractivity contribution < 1.29 is 9.53 Å². The van der Waals surface area contributed by atoms with Crippen LogP contribution in [0.25, 0.3) is 0 Å². The number of ketones is 1. The predicted octanol–water partition coefficient (Wildman–Crippen LogP) is 3.69. The molecule has 1 aliphatic rings. The summed E-state index contributed by atoms with van der Waals surface area (Å²) in [7, 11) is 0. The molecule has 0 bridgehead atoms. The molecule has 0 amide bonds. The summed E-state index contributed by atoms with van der Waals surface area (Å²) in [5, 5.41) is 0. The summed E-state index contributed by atoms with van der Waals surface area (Å²) >= 11 is 0. The van der Waals surface area contributed by atoms with E-state index in [1.54, 1.807) is 0 Å². The first kappa shape index (κ1) is 14.7. The van der Waals surface area contributed by atoms with Crippen molar-refractivity contribution in [1.29, 1.82) is 0 Å². The number of carbonyl (C=O) groups excluding carboxylic acids is 1. The quantitative estimate of drug-likeness (QED) is 0.732. The average Bonchev–Trinajstić information content (AvgIpc) is 2.46. The lowest BCUT2D eigenvalue weighted by molar-refractivity contribution is -0.126. The Morgan fingerprint density at radius 1 is 1.18 bits per heavy atom. The van der Waals surface area contributed by atoms with Gasteiger partial charge in [0, 0.05) is 6.42 Å². The van der Waals surface area contributed by atoms with Crippen LogP contribution in [0, 0.1) is 23.2 Å². The fraction of sp³-hybridized carbons (Fsp3) is 0.933. The van der Waals surface area contributed by atoms with Gasteiger partial charge in [-0.1, -0.05) is 47.5 Å². The van der Waals surface area contributed by atoms with Crippen molar-refractivity contribution in [3.63, 3.8) is 0 Å². The largest absolute Gasteiger partial charge is 0.373 e. The van der Waals surface area contributed by atoms with Crippen LogP contribution >= 0.6 is 0 Å². The van der Waals surface area contributed by atoms with Crippen molar-refractivity contribution in [3.05, 3.63) is 0 Å². The molecule has 0 N–H and O–H groups in total. The molecule has 0 heterocycles. The fourth-order valence-corrected chi connectivity index (χ4v) is 2.79. The number of carbonyl (C=O) groups is 1. The first-order chi connectivity index (χ1) is 7.79. The topological polar surface area (TPSA) is 26.3 Å². The zero-order valence-corrected chi connectivity index (χ0v) is 12.1. The smallest absolute Gasteiger partial charge is 0.158 e. The van der Waals surface area contributed by atoms with Gasteiger partial charge >= 0.3 is 0 Å². The molecule has 2 heteroatoms. The van der Waals surface area contributed by atoms with Gasteiger partial charge in [-0.2, -0.15) is 0 Å². The van der Waals surface area contributed by atoms with Crippen LogP contribution in [0.2, 0.25) is 0 Å². The number of hydrogen-bond acceptors (Lipinski definition) is 2. The molecule has 0 saturated heterocycles. The van der Waals surface area contributed by atoms with Gasteiger partial charge in [-0.15, -0.1) is 0 Å². The summed E-state index contributed by atoms with van der Waals surface area (Å²) in [6.07, 6.45) is 3.24. The zero-order valence-electron chi connectivity index (χ0n) is 12.1. The molecule has 2 atom stereocenters. The van der Waals surface area contributed by atoms with Gasteiger partial charge in [0.2, 0.25) is 0 Å².